The fraction of sp³-hybridized carbons (Fsp3) is 0.318. The number of carbonyl (C=O) groups excluding carboxylic acids is 1. The SMILES string of the molecule is COc1ccc(-c2noc(CN3CCCC(C(=O)Nc4ccccc4Cl)C3)n2)cc1. The summed E-state index contributed by atoms with van der Waals surface area (Å²) >= 11 is 6.15. The number of piperidine rings is 1. The normalized spacial score (nSPS) is 16.9. The number of ether oxygens (including phenoxy) is 1. The molecule has 1 aliphatic heterocycles. The second kappa shape index (κ2) is 9.28. The number of hydrogen-bond donors (Lipinski definition) is 1. The number of anilines is 1. The number of benzene rings is 2. The van der Waals surface area contributed by atoms with Gasteiger partial charge in [0, 0.05) is 12.1 Å². The largest absolute Gasteiger partial charge is 0.497 e. The quantitative estimate of drug-likeness (QED) is 0.634. The topological polar surface area (TPSA) is 80.5 Å². The first-order valence-corrected chi connectivity index (χ1v) is 10.2. The van der Waals surface area contributed by atoms with Crippen molar-refractivity contribution in [3.8, 4) is 17.1 Å². The predicted octanol–water partition coefficient (Wildman–Crippen LogP) is 4.25. The lowest BCUT2D eigenvalue weighted by molar-refractivity contribution is -0.121. The minimum absolute atomic E-state index is 0.0164. The first kappa shape index (κ1) is 20.4. The van der Waals surface area contributed by atoms with E-state index in [9.17, 15) is 4.79 Å². The second-order valence-electron chi connectivity index (χ2n) is 7.28. The van der Waals surface area contributed by atoms with Crippen molar-refractivity contribution in [3.63, 3.8) is 0 Å². The number of carbonyl (C=O) groups is 1. The molecule has 1 N–H and O–H groups in total. The molecule has 1 fully saturated rings. The zero-order chi connectivity index (χ0) is 20.9. The van der Waals surface area contributed by atoms with Crippen LogP contribution in [0.1, 0.15) is 18.7 Å². The lowest BCUT2D eigenvalue weighted by Crippen LogP contribution is -2.40. The van der Waals surface area contributed by atoms with Gasteiger partial charge in [-0.25, -0.2) is 0 Å². The molecule has 0 aliphatic carbocycles. The van der Waals surface area contributed by atoms with Crippen LogP contribution in [0.2, 0.25) is 5.02 Å². The molecule has 0 radical (unpaired) electrons. The molecule has 1 unspecified atom stereocenters. The number of nitrogens with zero attached hydrogens (tertiary/aromatic N) is 3. The molecule has 7 nitrogen and oxygen atoms in total. The number of halogens is 1. The molecule has 0 bridgehead atoms. The summed E-state index contributed by atoms with van der Waals surface area (Å²) in [5.74, 6) is 1.72. The van der Waals surface area contributed by atoms with Crippen LogP contribution in [0.25, 0.3) is 11.4 Å². The highest BCUT2D eigenvalue weighted by atomic mass is 35.5. The monoisotopic (exact) mass is 426 g/mol. The van der Waals surface area contributed by atoms with E-state index in [2.05, 4.69) is 20.4 Å². The molecule has 1 aromatic heterocycles. The molecule has 1 aliphatic rings. The molecule has 3 aromatic rings. The maximum absolute atomic E-state index is 12.7. The van der Waals surface area contributed by atoms with Crippen LogP contribution in [0.5, 0.6) is 5.75 Å². The molecule has 4 rings (SSSR count). The zero-order valence-corrected chi connectivity index (χ0v) is 17.4. The third-order valence-electron chi connectivity index (χ3n) is 5.18. The van der Waals surface area contributed by atoms with Crippen molar-refractivity contribution in [2.24, 2.45) is 5.92 Å². The van der Waals surface area contributed by atoms with Gasteiger partial charge in [-0.3, -0.25) is 9.69 Å². The van der Waals surface area contributed by atoms with Gasteiger partial charge in [-0.1, -0.05) is 28.9 Å². The summed E-state index contributed by atoms with van der Waals surface area (Å²) < 4.78 is 10.6. The summed E-state index contributed by atoms with van der Waals surface area (Å²) in [6, 6.07) is 14.8. The van der Waals surface area contributed by atoms with E-state index in [1.165, 1.54) is 0 Å². The summed E-state index contributed by atoms with van der Waals surface area (Å²) in [5, 5.41) is 7.56. The fourth-order valence-electron chi connectivity index (χ4n) is 3.58. The zero-order valence-electron chi connectivity index (χ0n) is 16.7. The molecule has 156 valence electrons. The second-order valence-corrected chi connectivity index (χ2v) is 7.69. The Morgan fingerprint density at radius 2 is 2.07 bits per heavy atom. The molecule has 1 atom stereocenters. The molecular formula is C22H23ClN4O3. The van der Waals surface area contributed by atoms with Crippen LogP contribution in [0, 0.1) is 5.92 Å². The number of nitrogens with one attached hydrogen (secondary N) is 1. The van der Waals surface area contributed by atoms with E-state index in [1.807, 2.05) is 36.4 Å². The molecule has 1 amide bonds. The Morgan fingerprint density at radius 1 is 1.27 bits per heavy atom. The molecule has 8 heteroatoms. The van der Waals surface area contributed by atoms with Gasteiger partial charge in [-0.15, -0.1) is 0 Å². The average Bonchev–Trinajstić information content (AvgIpc) is 3.24. The Balaban J connectivity index is 1.36. The summed E-state index contributed by atoms with van der Waals surface area (Å²) in [6.07, 6.45) is 1.77. The van der Waals surface area contributed by atoms with Gasteiger partial charge in [0.2, 0.25) is 17.6 Å². The van der Waals surface area contributed by atoms with Crippen LogP contribution in [-0.2, 0) is 11.3 Å². The van der Waals surface area contributed by atoms with E-state index in [0.29, 0.717) is 35.5 Å². The van der Waals surface area contributed by atoms with E-state index in [4.69, 9.17) is 20.9 Å². The minimum atomic E-state index is -0.112. The number of aromatic nitrogens is 2. The van der Waals surface area contributed by atoms with Crippen LogP contribution in [-0.4, -0.2) is 41.1 Å². The molecule has 2 heterocycles. The highest BCUT2D eigenvalue weighted by Crippen LogP contribution is 2.25. The van der Waals surface area contributed by atoms with E-state index in [1.54, 1.807) is 19.2 Å². The number of hydrogen-bond acceptors (Lipinski definition) is 6. The van der Waals surface area contributed by atoms with Crippen LogP contribution >= 0.6 is 11.6 Å². The highest BCUT2D eigenvalue weighted by Gasteiger charge is 2.27. The van der Waals surface area contributed by atoms with Crippen molar-refractivity contribution >= 4 is 23.2 Å². The predicted molar refractivity (Wildman–Crippen MR) is 114 cm³/mol. The van der Waals surface area contributed by atoms with Gasteiger partial charge in [0.25, 0.3) is 0 Å². The minimum Gasteiger partial charge on any atom is -0.497 e. The van der Waals surface area contributed by atoms with Crippen molar-refractivity contribution in [1.82, 2.24) is 15.0 Å². The van der Waals surface area contributed by atoms with E-state index in [0.717, 1.165) is 30.7 Å². The lowest BCUT2D eigenvalue weighted by atomic mass is 9.97. The van der Waals surface area contributed by atoms with Gasteiger partial charge in [0.05, 0.1) is 30.3 Å². The van der Waals surface area contributed by atoms with Crippen LogP contribution < -0.4 is 10.1 Å². The maximum Gasteiger partial charge on any atom is 0.241 e. The van der Waals surface area contributed by atoms with Crippen molar-refractivity contribution < 1.29 is 14.1 Å². The highest BCUT2D eigenvalue weighted by molar-refractivity contribution is 6.33. The molecule has 1 saturated heterocycles. The number of para-hydroxylation sites is 1. The molecule has 2 aromatic carbocycles. The molecule has 0 saturated carbocycles. The third-order valence-corrected chi connectivity index (χ3v) is 5.51. The van der Waals surface area contributed by atoms with E-state index >= 15 is 0 Å². The maximum atomic E-state index is 12.7. The Kier molecular flexibility index (Phi) is 6.30. The van der Waals surface area contributed by atoms with Crippen molar-refractivity contribution in [1.29, 1.82) is 0 Å². The van der Waals surface area contributed by atoms with Gasteiger partial charge < -0.3 is 14.6 Å². The average molecular weight is 427 g/mol. The van der Waals surface area contributed by atoms with E-state index in [-0.39, 0.29) is 11.8 Å². The van der Waals surface area contributed by atoms with Crippen LogP contribution in [0.15, 0.2) is 53.1 Å². The standard InChI is InChI=1S/C22H23ClN4O3/c1-29-17-10-8-15(9-11-17)21-25-20(30-26-21)14-27-12-4-5-16(13-27)22(28)24-19-7-3-2-6-18(19)23/h2-3,6-11,16H,4-5,12-14H2,1H3,(H,24,28). The molecule has 30 heavy (non-hydrogen) atoms. The summed E-state index contributed by atoms with van der Waals surface area (Å²) in [6.45, 7) is 2.03. The van der Waals surface area contributed by atoms with Gasteiger partial charge in [0.1, 0.15) is 5.75 Å². The van der Waals surface area contributed by atoms with Gasteiger partial charge in [-0.2, -0.15) is 4.98 Å². The Labute approximate surface area is 180 Å². The number of rotatable bonds is 6. The fourth-order valence-corrected chi connectivity index (χ4v) is 3.76. The molecular weight excluding hydrogens is 404 g/mol. The summed E-state index contributed by atoms with van der Waals surface area (Å²) in [4.78, 5) is 19.4. The Hall–Kier alpha value is -2.90. The first-order chi connectivity index (χ1) is 14.6. The summed E-state index contributed by atoms with van der Waals surface area (Å²) in [7, 11) is 1.63. The van der Waals surface area contributed by atoms with Crippen molar-refractivity contribution in [3.05, 3.63) is 59.4 Å². The first-order valence-electron chi connectivity index (χ1n) is 9.87. The van der Waals surface area contributed by atoms with Gasteiger partial charge in [0.15, 0.2) is 0 Å². The van der Waals surface area contributed by atoms with Gasteiger partial charge in [-0.05, 0) is 55.8 Å². The van der Waals surface area contributed by atoms with Crippen molar-refractivity contribution in [2.75, 3.05) is 25.5 Å². The van der Waals surface area contributed by atoms with Crippen molar-refractivity contribution in [2.45, 2.75) is 19.4 Å². The third kappa shape index (κ3) is 4.80. The number of amides is 1. The summed E-state index contributed by atoms with van der Waals surface area (Å²) in [5.41, 5.74) is 1.50. The molecule has 0 spiro atoms. The van der Waals surface area contributed by atoms with Crippen LogP contribution in [0.4, 0.5) is 5.69 Å². The van der Waals surface area contributed by atoms with Crippen LogP contribution in [0.3, 0.4) is 0 Å². The lowest BCUT2D eigenvalue weighted by Gasteiger charge is -2.30. The number of likely N-dealkylation sites (tertiary alicyclic amines) is 1. The van der Waals surface area contributed by atoms with Gasteiger partial charge >= 0.3 is 0 Å². The number of methoxy groups -OCH3 is 1. The van der Waals surface area contributed by atoms with E-state index < -0.39 is 0 Å². The Morgan fingerprint density at radius 3 is 2.83 bits per heavy atom. The smallest absolute Gasteiger partial charge is 0.241 e. The Bertz CT molecular complexity index is 1010.